The van der Waals surface area contributed by atoms with Crippen LogP contribution in [0.25, 0.3) is 0 Å². The van der Waals surface area contributed by atoms with Crippen molar-refractivity contribution in [3.05, 3.63) is 51.7 Å². The smallest absolute Gasteiger partial charge is 0.230 e. The summed E-state index contributed by atoms with van der Waals surface area (Å²) in [5, 5.41) is 3.07. The van der Waals surface area contributed by atoms with Gasteiger partial charge in [0.1, 0.15) is 0 Å². The zero-order valence-electron chi connectivity index (χ0n) is 11.5. The van der Waals surface area contributed by atoms with Crippen LogP contribution in [-0.2, 0) is 16.8 Å². The molecule has 0 spiro atoms. The van der Waals surface area contributed by atoms with Crippen molar-refractivity contribution in [2.45, 2.75) is 31.7 Å². The van der Waals surface area contributed by atoms with E-state index in [4.69, 9.17) is 5.73 Å². The van der Waals surface area contributed by atoms with E-state index >= 15 is 0 Å². The third-order valence-corrected chi connectivity index (χ3v) is 4.87. The quantitative estimate of drug-likeness (QED) is 0.849. The summed E-state index contributed by atoms with van der Waals surface area (Å²) in [5.41, 5.74) is 7.20. The second-order valence-corrected chi connectivity index (χ2v) is 6.77. The Morgan fingerprint density at radius 2 is 1.95 bits per heavy atom. The van der Waals surface area contributed by atoms with Crippen molar-refractivity contribution >= 4 is 22.9 Å². The molecule has 0 radical (unpaired) electrons. The zero-order valence-corrected chi connectivity index (χ0v) is 12.3. The molecule has 3 nitrogen and oxygen atoms in total. The van der Waals surface area contributed by atoms with Gasteiger partial charge in [-0.15, -0.1) is 11.3 Å². The lowest BCUT2D eigenvalue weighted by molar-refractivity contribution is -0.123. The molecule has 0 bridgehead atoms. The summed E-state index contributed by atoms with van der Waals surface area (Å²) in [6.07, 6.45) is 1.85. The number of anilines is 1. The molecule has 0 unspecified atom stereocenters. The van der Waals surface area contributed by atoms with Gasteiger partial charge in [-0.05, 0) is 49.6 Å². The summed E-state index contributed by atoms with van der Waals surface area (Å²) in [5.74, 6) is 0.133. The van der Waals surface area contributed by atoms with Crippen LogP contribution in [0.15, 0.2) is 36.4 Å². The van der Waals surface area contributed by atoms with Gasteiger partial charge in [0.2, 0.25) is 5.91 Å². The molecule has 0 aliphatic heterocycles. The molecule has 4 heteroatoms. The van der Waals surface area contributed by atoms with Gasteiger partial charge in [0, 0.05) is 15.4 Å². The first-order chi connectivity index (χ1) is 9.60. The van der Waals surface area contributed by atoms with Gasteiger partial charge in [-0.25, -0.2) is 0 Å². The molecule has 3 rings (SSSR count). The summed E-state index contributed by atoms with van der Waals surface area (Å²) in [6.45, 7) is 2.70. The summed E-state index contributed by atoms with van der Waals surface area (Å²) in [7, 11) is 0. The highest BCUT2D eigenvalue weighted by Gasteiger charge is 2.50. The fraction of sp³-hybridized carbons (Fsp3) is 0.312. The van der Waals surface area contributed by atoms with Crippen LogP contribution in [0.5, 0.6) is 0 Å². The minimum Gasteiger partial charge on any atom is -0.399 e. The average Bonchev–Trinajstić information content (AvgIpc) is 3.15. The van der Waals surface area contributed by atoms with Crippen LogP contribution < -0.4 is 11.1 Å². The lowest BCUT2D eigenvalue weighted by atomic mass is 9.95. The predicted molar refractivity (Wildman–Crippen MR) is 82.7 cm³/mol. The number of thiophene rings is 1. The Bertz CT molecular complexity index is 626. The molecule has 104 valence electrons. The maximum Gasteiger partial charge on any atom is 0.230 e. The lowest BCUT2D eigenvalue weighted by Gasteiger charge is -2.15. The molecule has 1 aromatic carbocycles. The first-order valence-corrected chi connectivity index (χ1v) is 7.61. The Morgan fingerprint density at radius 3 is 2.50 bits per heavy atom. The molecule has 1 amide bonds. The second-order valence-electron chi connectivity index (χ2n) is 5.40. The average molecular weight is 286 g/mol. The topological polar surface area (TPSA) is 55.1 Å². The third kappa shape index (κ3) is 2.43. The van der Waals surface area contributed by atoms with E-state index in [1.54, 1.807) is 11.3 Å². The molecule has 0 atom stereocenters. The normalized spacial score (nSPS) is 15.8. The minimum absolute atomic E-state index is 0.133. The lowest BCUT2D eigenvalue weighted by Crippen LogP contribution is -2.34. The van der Waals surface area contributed by atoms with Gasteiger partial charge in [0.25, 0.3) is 0 Å². The number of amides is 1. The zero-order chi connectivity index (χ0) is 14.2. The Hall–Kier alpha value is -1.81. The number of aryl methyl sites for hydroxylation is 1. The van der Waals surface area contributed by atoms with Gasteiger partial charge >= 0.3 is 0 Å². The number of carbonyl (C=O) groups is 1. The summed E-state index contributed by atoms with van der Waals surface area (Å²) < 4.78 is 0. The van der Waals surface area contributed by atoms with Crippen molar-refractivity contribution in [3.8, 4) is 0 Å². The fourth-order valence-electron chi connectivity index (χ4n) is 2.49. The molecule has 1 heterocycles. The molecule has 1 fully saturated rings. The number of hydrogen-bond donors (Lipinski definition) is 2. The van der Waals surface area contributed by atoms with Crippen molar-refractivity contribution in [3.63, 3.8) is 0 Å². The Morgan fingerprint density at radius 1 is 1.25 bits per heavy atom. The molecular formula is C16H18N2OS. The highest BCUT2D eigenvalue weighted by molar-refractivity contribution is 7.11. The van der Waals surface area contributed by atoms with Gasteiger partial charge in [-0.1, -0.05) is 12.1 Å². The monoisotopic (exact) mass is 286 g/mol. The van der Waals surface area contributed by atoms with Crippen molar-refractivity contribution in [2.24, 2.45) is 0 Å². The van der Waals surface area contributed by atoms with Crippen LogP contribution in [0.2, 0.25) is 0 Å². The van der Waals surface area contributed by atoms with Crippen molar-refractivity contribution in [2.75, 3.05) is 5.73 Å². The van der Waals surface area contributed by atoms with Crippen LogP contribution in [0, 0.1) is 6.92 Å². The highest BCUT2D eigenvalue weighted by atomic mass is 32.1. The summed E-state index contributed by atoms with van der Waals surface area (Å²) in [6, 6.07) is 11.8. The van der Waals surface area contributed by atoms with E-state index in [0.29, 0.717) is 6.54 Å². The first kappa shape index (κ1) is 13.2. The van der Waals surface area contributed by atoms with E-state index in [9.17, 15) is 4.79 Å². The number of nitrogen functional groups attached to an aromatic ring is 1. The molecule has 1 aliphatic carbocycles. The molecule has 1 aromatic heterocycles. The number of nitrogens with two attached hydrogens (primary N) is 1. The third-order valence-electron chi connectivity index (χ3n) is 3.87. The molecule has 1 saturated carbocycles. The Balaban J connectivity index is 1.68. The standard InChI is InChI=1S/C16H18N2OS/c1-11-2-7-14(20-11)10-18-15(19)16(8-9-16)12-3-5-13(17)6-4-12/h2-7H,8-10,17H2,1H3,(H,18,19). The molecule has 3 N–H and O–H groups in total. The molecular weight excluding hydrogens is 268 g/mol. The predicted octanol–water partition coefficient (Wildman–Crippen LogP) is 2.99. The number of rotatable bonds is 4. The number of benzene rings is 1. The molecule has 1 aliphatic rings. The number of carbonyl (C=O) groups excluding carboxylic acids is 1. The second kappa shape index (κ2) is 4.94. The van der Waals surface area contributed by atoms with Crippen molar-refractivity contribution in [1.29, 1.82) is 0 Å². The van der Waals surface area contributed by atoms with E-state index in [2.05, 4.69) is 24.4 Å². The largest absolute Gasteiger partial charge is 0.399 e. The van der Waals surface area contributed by atoms with Crippen LogP contribution in [0.3, 0.4) is 0 Å². The van der Waals surface area contributed by atoms with Crippen LogP contribution >= 0.6 is 11.3 Å². The van der Waals surface area contributed by atoms with Gasteiger partial charge in [0.15, 0.2) is 0 Å². The number of hydrogen-bond acceptors (Lipinski definition) is 3. The maximum absolute atomic E-state index is 12.5. The van der Waals surface area contributed by atoms with E-state index in [-0.39, 0.29) is 11.3 Å². The van der Waals surface area contributed by atoms with E-state index in [1.165, 1.54) is 9.75 Å². The minimum atomic E-state index is -0.319. The molecule has 20 heavy (non-hydrogen) atoms. The maximum atomic E-state index is 12.5. The Labute approximate surface area is 122 Å². The van der Waals surface area contributed by atoms with Crippen molar-refractivity contribution < 1.29 is 4.79 Å². The van der Waals surface area contributed by atoms with Crippen LogP contribution in [0.1, 0.15) is 28.2 Å². The fourth-order valence-corrected chi connectivity index (χ4v) is 3.32. The van der Waals surface area contributed by atoms with Crippen molar-refractivity contribution in [1.82, 2.24) is 5.32 Å². The SMILES string of the molecule is Cc1ccc(CNC(=O)C2(c3ccc(N)cc3)CC2)s1. The summed E-state index contributed by atoms with van der Waals surface area (Å²) in [4.78, 5) is 14.9. The molecule has 2 aromatic rings. The van der Waals surface area contributed by atoms with E-state index in [1.807, 2.05) is 24.3 Å². The van der Waals surface area contributed by atoms with Gasteiger partial charge in [0.05, 0.1) is 12.0 Å². The van der Waals surface area contributed by atoms with Crippen LogP contribution in [-0.4, -0.2) is 5.91 Å². The van der Waals surface area contributed by atoms with Gasteiger partial charge in [-0.3, -0.25) is 4.79 Å². The van der Waals surface area contributed by atoms with Gasteiger partial charge < -0.3 is 11.1 Å². The van der Waals surface area contributed by atoms with Crippen LogP contribution in [0.4, 0.5) is 5.69 Å². The molecule has 0 saturated heterocycles. The summed E-state index contributed by atoms with van der Waals surface area (Å²) >= 11 is 1.73. The van der Waals surface area contributed by atoms with E-state index < -0.39 is 0 Å². The van der Waals surface area contributed by atoms with E-state index in [0.717, 1.165) is 24.1 Å². The number of nitrogens with one attached hydrogen (secondary N) is 1. The Kier molecular flexibility index (Phi) is 3.26. The van der Waals surface area contributed by atoms with Gasteiger partial charge in [-0.2, -0.15) is 0 Å². The highest BCUT2D eigenvalue weighted by Crippen LogP contribution is 2.48. The first-order valence-electron chi connectivity index (χ1n) is 6.80.